The van der Waals surface area contributed by atoms with Gasteiger partial charge < -0.3 is 5.73 Å². The SMILES string of the molecule is Cc1ncnn1-c1ccc(N)cc1C#N. The van der Waals surface area contributed by atoms with E-state index in [2.05, 4.69) is 16.2 Å². The number of nitrogens with zero attached hydrogens (tertiary/aromatic N) is 4. The average Bonchev–Trinajstić information content (AvgIpc) is 2.64. The summed E-state index contributed by atoms with van der Waals surface area (Å²) in [5, 5.41) is 13.0. The Morgan fingerprint density at radius 3 is 2.87 bits per heavy atom. The largest absolute Gasteiger partial charge is 0.399 e. The van der Waals surface area contributed by atoms with Gasteiger partial charge in [-0.15, -0.1) is 0 Å². The van der Waals surface area contributed by atoms with Crippen molar-refractivity contribution in [2.75, 3.05) is 5.73 Å². The first kappa shape index (κ1) is 9.21. The van der Waals surface area contributed by atoms with E-state index in [1.54, 1.807) is 22.9 Å². The van der Waals surface area contributed by atoms with Crippen LogP contribution in [0.3, 0.4) is 0 Å². The summed E-state index contributed by atoms with van der Waals surface area (Å²) < 4.78 is 1.61. The summed E-state index contributed by atoms with van der Waals surface area (Å²) in [6.45, 7) is 1.82. The standard InChI is InChI=1S/C10H9N5/c1-7-13-6-14-15(7)10-3-2-9(12)4-8(10)5-11/h2-4,6H,12H2,1H3. The Kier molecular flexibility index (Phi) is 2.10. The van der Waals surface area contributed by atoms with Gasteiger partial charge in [-0.05, 0) is 25.1 Å². The Morgan fingerprint density at radius 2 is 2.27 bits per heavy atom. The lowest BCUT2D eigenvalue weighted by Crippen LogP contribution is -2.02. The predicted octanol–water partition coefficient (Wildman–Crippen LogP) is 1.03. The van der Waals surface area contributed by atoms with Crippen LogP contribution in [0.5, 0.6) is 0 Å². The number of rotatable bonds is 1. The van der Waals surface area contributed by atoms with Gasteiger partial charge in [0.2, 0.25) is 0 Å². The van der Waals surface area contributed by atoms with Crippen LogP contribution in [0.2, 0.25) is 0 Å². The quantitative estimate of drug-likeness (QED) is 0.695. The third kappa shape index (κ3) is 1.53. The van der Waals surface area contributed by atoms with Crippen molar-refractivity contribution in [3.05, 3.63) is 35.9 Å². The lowest BCUT2D eigenvalue weighted by molar-refractivity contribution is 0.838. The molecule has 0 aliphatic heterocycles. The number of nitrogen functional groups attached to an aromatic ring is 1. The molecule has 2 aromatic rings. The minimum absolute atomic E-state index is 0.489. The highest BCUT2D eigenvalue weighted by molar-refractivity contribution is 5.56. The predicted molar refractivity (Wildman–Crippen MR) is 55.2 cm³/mol. The van der Waals surface area contributed by atoms with Crippen LogP contribution in [0.25, 0.3) is 5.69 Å². The number of aryl methyl sites for hydroxylation is 1. The van der Waals surface area contributed by atoms with E-state index in [4.69, 9.17) is 11.0 Å². The summed E-state index contributed by atoms with van der Waals surface area (Å²) in [5.41, 5.74) is 7.35. The summed E-state index contributed by atoms with van der Waals surface area (Å²) in [6.07, 6.45) is 1.45. The maximum atomic E-state index is 8.97. The number of aromatic nitrogens is 3. The molecule has 15 heavy (non-hydrogen) atoms. The highest BCUT2D eigenvalue weighted by Crippen LogP contribution is 2.17. The molecule has 0 amide bonds. The van der Waals surface area contributed by atoms with Gasteiger partial charge in [-0.25, -0.2) is 9.67 Å². The molecular weight excluding hydrogens is 190 g/mol. The van der Waals surface area contributed by atoms with Crippen molar-refractivity contribution < 1.29 is 0 Å². The third-order valence-corrected chi connectivity index (χ3v) is 2.09. The van der Waals surface area contributed by atoms with Crippen molar-refractivity contribution in [3.63, 3.8) is 0 Å². The summed E-state index contributed by atoms with van der Waals surface area (Å²) in [7, 11) is 0. The van der Waals surface area contributed by atoms with Gasteiger partial charge in [-0.2, -0.15) is 10.4 Å². The lowest BCUT2D eigenvalue weighted by Gasteiger charge is -2.05. The molecule has 0 saturated carbocycles. The molecular formula is C10H9N5. The molecule has 0 radical (unpaired) electrons. The van der Waals surface area contributed by atoms with Gasteiger partial charge in [0.25, 0.3) is 0 Å². The summed E-state index contributed by atoms with van der Waals surface area (Å²) in [4.78, 5) is 4.00. The van der Waals surface area contributed by atoms with Gasteiger partial charge in [-0.1, -0.05) is 0 Å². The highest BCUT2D eigenvalue weighted by Gasteiger charge is 2.07. The zero-order valence-corrected chi connectivity index (χ0v) is 8.18. The van der Waals surface area contributed by atoms with Gasteiger partial charge in [0.05, 0.1) is 11.3 Å². The topological polar surface area (TPSA) is 80.5 Å². The minimum atomic E-state index is 0.489. The van der Waals surface area contributed by atoms with E-state index in [0.717, 1.165) is 5.82 Å². The fourth-order valence-electron chi connectivity index (χ4n) is 1.36. The number of hydrogen-bond acceptors (Lipinski definition) is 4. The van der Waals surface area contributed by atoms with E-state index in [-0.39, 0.29) is 0 Å². The van der Waals surface area contributed by atoms with E-state index in [1.807, 2.05) is 6.92 Å². The molecule has 0 spiro atoms. The molecule has 5 nitrogen and oxygen atoms in total. The third-order valence-electron chi connectivity index (χ3n) is 2.09. The van der Waals surface area contributed by atoms with Crippen LogP contribution in [-0.2, 0) is 0 Å². The van der Waals surface area contributed by atoms with Crippen LogP contribution < -0.4 is 5.73 Å². The van der Waals surface area contributed by atoms with E-state index < -0.39 is 0 Å². The first-order chi connectivity index (χ1) is 7.22. The highest BCUT2D eigenvalue weighted by atomic mass is 15.3. The van der Waals surface area contributed by atoms with Crippen molar-refractivity contribution in [1.82, 2.24) is 14.8 Å². The second kappa shape index (κ2) is 3.42. The number of benzene rings is 1. The van der Waals surface area contributed by atoms with Crippen molar-refractivity contribution in [2.24, 2.45) is 0 Å². The Labute approximate surface area is 86.8 Å². The van der Waals surface area contributed by atoms with Crippen LogP contribution in [0.1, 0.15) is 11.4 Å². The van der Waals surface area contributed by atoms with Gasteiger partial charge >= 0.3 is 0 Å². The number of nitrogens with two attached hydrogens (primary N) is 1. The normalized spacial score (nSPS) is 9.87. The monoisotopic (exact) mass is 199 g/mol. The molecule has 74 valence electrons. The van der Waals surface area contributed by atoms with Gasteiger partial charge in [0.15, 0.2) is 0 Å². The minimum Gasteiger partial charge on any atom is -0.399 e. The lowest BCUT2D eigenvalue weighted by atomic mass is 10.2. The van der Waals surface area contributed by atoms with E-state index >= 15 is 0 Å². The molecule has 2 rings (SSSR count). The van der Waals surface area contributed by atoms with Crippen LogP contribution in [-0.4, -0.2) is 14.8 Å². The summed E-state index contributed by atoms with van der Waals surface area (Å²) in [6, 6.07) is 7.20. The fourth-order valence-corrected chi connectivity index (χ4v) is 1.36. The molecule has 0 atom stereocenters. The van der Waals surface area contributed by atoms with E-state index in [0.29, 0.717) is 16.9 Å². The zero-order valence-electron chi connectivity index (χ0n) is 8.18. The van der Waals surface area contributed by atoms with Crippen LogP contribution in [0, 0.1) is 18.3 Å². The molecule has 0 fully saturated rings. The Morgan fingerprint density at radius 1 is 1.47 bits per heavy atom. The Hall–Kier alpha value is -2.35. The Balaban J connectivity index is 2.64. The molecule has 0 bridgehead atoms. The number of anilines is 1. The second-order valence-corrected chi connectivity index (χ2v) is 3.11. The molecule has 1 aromatic heterocycles. The molecule has 5 heteroatoms. The number of nitriles is 1. The molecule has 0 aliphatic rings. The summed E-state index contributed by atoms with van der Waals surface area (Å²) >= 11 is 0. The van der Waals surface area contributed by atoms with Crippen molar-refractivity contribution in [1.29, 1.82) is 5.26 Å². The number of hydrogen-bond donors (Lipinski definition) is 1. The van der Waals surface area contributed by atoms with E-state index in [9.17, 15) is 0 Å². The van der Waals surface area contributed by atoms with Gasteiger partial charge in [0.1, 0.15) is 18.2 Å². The molecule has 0 aliphatic carbocycles. The average molecular weight is 199 g/mol. The van der Waals surface area contributed by atoms with Crippen LogP contribution in [0.4, 0.5) is 5.69 Å². The fraction of sp³-hybridized carbons (Fsp3) is 0.100. The van der Waals surface area contributed by atoms with Crippen molar-refractivity contribution >= 4 is 5.69 Å². The van der Waals surface area contributed by atoms with Crippen LogP contribution >= 0.6 is 0 Å². The maximum absolute atomic E-state index is 8.97. The maximum Gasteiger partial charge on any atom is 0.138 e. The second-order valence-electron chi connectivity index (χ2n) is 3.11. The first-order valence-electron chi connectivity index (χ1n) is 4.39. The smallest absolute Gasteiger partial charge is 0.138 e. The molecule has 0 unspecified atom stereocenters. The van der Waals surface area contributed by atoms with Crippen molar-refractivity contribution in [3.8, 4) is 11.8 Å². The van der Waals surface area contributed by atoms with Gasteiger partial charge in [0, 0.05) is 5.69 Å². The molecule has 1 aromatic carbocycles. The van der Waals surface area contributed by atoms with E-state index in [1.165, 1.54) is 6.33 Å². The Bertz CT molecular complexity index is 535. The zero-order chi connectivity index (χ0) is 10.8. The van der Waals surface area contributed by atoms with Crippen LogP contribution in [0.15, 0.2) is 24.5 Å². The summed E-state index contributed by atoms with van der Waals surface area (Å²) in [5.74, 6) is 0.733. The molecule has 2 N–H and O–H groups in total. The van der Waals surface area contributed by atoms with Gasteiger partial charge in [-0.3, -0.25) is 0 Å². The first-order valence-corrected chi connectivity index (χ1v) is 4.39. The molecule has 0 saturated heterocycles. The van der Waals surface area contributed by atoms with Crippen molar-refractivity contribution in [2.45, 2.75) is 6.92 Å². The molecule has 1 heterocycles.